The standard InChI is InChI=1S/C14H25N/c1-5-7-8-9-13(3)11-14(10-6-2)12-15(14)4/h6-8,10,13H,5,9,11-12H2,1-4H3/b8-7-,10-6-/t13?,14-,15?/m1/s1. The van der Waals surface area contributed by atoms with E-state index >= 15 is 0 Å². The number of allylic oxidation sites excluding steroid dienone is 3. The smallest absolute Gasteiger partial charge is 0.0519 e. The Morgan fingerprint density at radius 3 is 2.53 bits per heavy atom. The molecule has 1 heterocycles. The van der Waals surface area contributed by atoms with Crippen LogP contribution in [0.3, 0.4) is 0 Å². The highest BCUT2D eigenvalue weighted by Gasteiger charge is 2.46. The summed E-state index contributed by atoms with van der Waals surface area (Å²) in [5.41, 5.74) is 0.397. The third-order valence-electron chi connectivity index (χ3n) is 3.29. The zero-order valence-corrected chi connectivity index (χ0v) is 10.7. The third-order valence-corrected chi connectivity index (χ3v) is 3.29. The summed E-state index contributed by atoms with van der Waals surface area (Å²) in [5.74, 6) is 0.786. The minimum absolute atomic E-state index is 0.397. The zero-order valence-electron chi connectivity index (χ0n) is 10.7. The van der Waals surface area contributed by atoms with Gasteiger partial charge in [-0.05, 0) is 39.2 Å². The first kappa shape index (κ1) is 12.5. The van der Waals surface area contributed by atoms with Gasteiger partial charge in [0, 0.05) is 6.54 Å². The Hall–Kier alpha value is -0.560. The topological polar surface area (TPSA) is 3.01 Å². The van der Waals surface area contributed by atoms with Crippen molar-refractivity contribution in [3.8, 4) is 0 Å². The van der Waals surface area contributed by atoms with E-state index in [0.717, 1.165) is 12.3 Å². The predicted octanol–water partition coefficient (Wildman–Crippen LogP) is 3.63. The molecule has 0 aromatic rings. The van der Waals surface area contributed by atoms with Crippen LogP contribution in [0.5, 0.6) is 0 Å². The van der Waals surface area contributed by atoms with Gasteiger partial charge in [-0.3, -0.25) is 4.90 Å². The maximum Gasteiger partial charge on any atom is 0.0519 e. The molecule has 0 amide bonds. The van der Waals surface area contributed by atoms with Crippen LogP contribution in [0, 0.1) is 5.92 Å². The molecule has 0 N–H and O–H groups in total. The number of likely N-dealkylation sites (N-methyl/N-ethyl adjacent to an activating group) is 1. The summed E-state index contributed by atoms with van der Waals surface area (Å²) in [6.45, 7) is 7.91. The van der Waals surface area contributed by atoms with Crippen molar-refractivity contribution in [3.63, 3.8) is 0 Å². The maximum atomic E-state index is 2.44. The van der Waals surface area contributed by atoms with Crippen molar-refractivity contribution < 1.29 is 0 Å². The molecule has 1 nitrogen and oxygen atoms in total. The fourth-order valence-electron chi connectivity index (χ4n) is 2.34. The first-order chi connectivity index (χ1) is 7.14. The molecule has 86 valence electrons. The van der Waals surface area contributed by atoms with Crippen molar-refractivity contribution in [2.75, 3.05) is 13.6 Å². The number of hydrogen-bond acceptors (Lipinski definition) is 1. The summed E-state index contributed by atoms with van der Waals surface area (Å²) in [4.78, 5) is 2.44. The van der Waals surface area contributed by atoms with Gasteiger partial charge in [-0.2, -0.15) is 0 Å². The first-order valence-electron chi connectivity index (χ1n) is 6.14. The minimum Gasteiger partial charge on any atom is -0.294 e. The Bertz CT molecular complexity index is 242. The van der Waals surface area contributed by atoms with E-state index < -0.39 is 0 Å². The van der Waals surface area contributed by atoms with Gasteiger partial charge in [0.1, 0.15) is 0 Å². The van der Waals surface area contributed by atoms with Gasteiger partial charge in [-0.25, -0.2) is 0 Å². The normalized spacial score (nSPS) is 32.7. The van der Waals surface area contributed by atoms with Gasteiger partial charge < -0.3 is 0 Å². The average molecular weight is 207 g/mol. The van der Waals surface area contributed by atoms with Crippen molar-refractivity contribution in [1.82, 2.24) is 4.90 Å². The lowest BCUT2D eigenvalue weighted by atomic mass is 9.92. The summed E-state index contributed by atoms with van der Waals surface area (Å²) < 4.78 is 0. The maximum absolute atomic E-state index is 2.44. The van der Waals surface area contributed by atoms with E-state index in [1.54, 1.807) is 0 Å². The number of nitrogens with zero attached hydrogens (tertiary/aromatic N) is 1. The van der Waals surface area contributed by atoms with Gasteiger partial charge in [0.15, 0.2) is 0 Å². The van der Waals surface area contributed by atoms with Gasteiger partial charge in [0.25, 0.3) is 0 Å². The lowest BCUT2D eigenvalue weighted by Crippen LogP contribution is -2.17. The van der Waals surface area contributed by atoms with Gasteiger partial charge in [0.2, 0.25) is 0 Å². The van der Waals surface area contributed by atoms with Crippen molar-refractivity contribution in [2.45, 2.75) is 45.6 Å². The van der Waals surface area contributed by atoms with Crippen LogP contribution in [-0.4, -0.2) is 24.0 Å². The van der Waals surface area contributed by atoms with E-state index in [1.807, 2.05) is 0 Å². The molecule has 0 aromatic heterocycles. The van der Waals surface area contributed by atoms with Crippen molar-refractivity contribution in [1.29, 1.82) is 0 Å². The van der Waals surface area contributed by atoms with E-state index in [9.17, 15) is 0 Å². The Balaban J connectivity index is 2.36. The van der Waals surface area contributed by atoms with Gasteiger partial charge in [-0.15, -0.1) is 0 Å². The fraction of sp³-hybridized carbons (Fsp3) is 0.714. The molecule has 0 saturated carbocycles. The van der Waals surface area contributed by atoms with Gasteiger partial charge >= 0.3 is 0 Å². The molecule has 1 aliphatic rings. The molecular weight excluding hydrogens is 182 g/mol. The van der Waals surface area contributed by atoms with E-state index in [4.69, 9.17) is 0 Å². The molecule has 15 heavy (non-hydrogen) atoms. The van der Waals surface area contributed by atoms with Crippen LogP contribution >= 0.6 is 0 Å². The zero-order chi connectivity index (χ0) is 11.3. The fourth-order valence-corrected chi connectivity index (χ4v) is 2.34. The highest BCUT2D eigenvalue weighted by atomic mass is 15.3. The first-order valence-corrected chi connectivity index (χ1v) is 6.14. The van der Waals surface area contributed by atoms with Crippen LogP contribution in [0.2, 0.25) is 0 Å². The second kappa shape index (κ2) is 5.50. The van der Waals surface area contributed by atoms with Crippen LogP contribution in [0.1, 0.15) is 40.0 Å². The largest absolute Gasteiger partial charge is 0.294 e. The Labute approximate surface area is 94.9 Å². The number of hydrogen-bond donors (Lipinski definition) is 0. The molecule has 0 bridgehead atoms. The molecular formula is C14H25N. The van der Waals surface area contributed by atoms with Gasteiger partial charge in [0.05, 0.1) is 5.54 Å². The third kappa shape index (κ3) is 3.49. The molecule has 1 aliphatic heterocycles. The summed E-state index contributed by atoms with van der Waals surface area (Å²) in [5, 5.41) is 0. The molecule has 1 heteroatoms. The quantitative estimate of drug-likeness (QED) is 0.475. The lowest BCUT2D eigenvalue weighted by Gasteiger charge is -2.16. The van der Waals surface area contributed by atoms with Crippen molar-refractivity contribution in [3.05, 3.63) is 24.3 Å². The summed E-state index contributed by atoms with van der Waals surface area (Å²) in [6.07, 6.45) is 12.8. The second-order valence-corrected chi connectivity index (χ2v) is 4.88. The summed E-state index contributed by atoms with van der Waals surface area (Å²) >= 11 is 0. The van der Waals surface area contributed by atoms with Crippen LogP contribution in [0.4, 0.5) is 0 Å². The van der Waals surface area contributed by atoms with E-state index in [0.29, 0.717) is 5.54 Å². The summed E-state index contributed by atoms with van der Waals surface area (Å²) in [7, 11) is 2.22. The molecule has 0 aromatic carbocycles. The molecule has 0 aliphatic carbocycles. The Kier molecular flexibility index (Phi) is 4.59. The van der Waals surface area contributed by atoms with Crippen LogP contribution in [-0.2, 0) is 0 Å². The van der Waals surface area contributed by atoms with Gasteiger partial charge in [-0.1, -0.05) is 38.2 Å². The Morgan fingerprint density at radius 1 is 1.40 bits per heavy atom. The average Bonchev–Trinajstić information content (AvgIpc) is 2.77. The lowest BCUT2D eigenvalue weighted by molar-refractivity contribution is 0.420. The molecule has 0 spiro atoms. The van der Waals surface area contributed by atoms with Crippen LogP contribution in [0.15, 0.2) is 24.3 Å². The van der Waals surface area contributed by atoms with Crippen LogP contribution < -0.4 is 0 Å². The molecule has 3 atom stereocenters. The minimum atomic E-state index is 0.397. The van der Waals surface area contributed by atoms with E-state index in [1.165, 1.54) is 19.4 Å². The molecule has 1 saturated heterocycles. The molecule has 2 unspecified atom stereocenters. The molecule has 1 rings (SSSR count). The highest BCUT2D eigenvalue weighted by Crippen LogP contribution is 2.38. The highest BCUT2D eigenvalue weighted by molar-refractivity contribution is 5.19. The molecule has 1 fully saturated rings. The monoisotopic (exact) mass is 207 g/mol. The van der Waals surface area contributed by atoms with Crippen LogP contribution in [0.25, 0.3) is 0 Å². The predicted molar refractivity (Wildman–Crippen MR) is 68.0 cm³/mol. The summed E-state index contributed by atoms with van der Waals surface area (Å²) in [6, 6.07) is 0. The second-order valence-electron chi connectivity index (χ2n) is 4.88. The number of rotatable bonds is 6. The SMILES string of the molecule is C/C=C\[C@@]1(CC(C)C/C=C\CC)CN1C. The molecule has 0 radical (unpaired) electrons. The van der Waals surface area contributed by atoms with E-state index in [2.05, 4.69) is 57.0 Å². The van der Waals surface area contributed by atoms with Crippen molar-refractivity contribution >= 4 is 0 Å². The Morgan fingerprint density at radius 2 is 2.07 bits per heavy atom. The van der Waals surface area contributed by atoms with E-state index in [-0.39, 0.29) is 0 Å². The van der Waals surface area contributed by atoms with Crippen molar-refractivity contribution in [2.24, 2.45) is 5.92 Å².